The van der Waals surface area contributed by atoms with E-state index in [0.29, 0.717) is 0 Å². The van der Waals surface area contributed by atoms with E-state index in [2.05, 4.69) is 35.6 Å². The number of fused-ring (bicyclic) bond motifs is 1. The third-order valence-corrected chi connectivity index (χ3v) is 5.29. The Balaban J connectivity index is 1.83. The van der Waals surface area contributed by atoms with Crippen molar-refractivity contribution in [2.45, 2.75) is 58.1 Å². The topological polar surface area (TPSA) is 73.2 Å². The SMILES string of the molecule is CCCCCNc1nc(NC[C@@H]2CCCO2)c2c(c1C#N)CCN(C)C2. The first kappa shape index (κ1) is 18.9. The number of nitriles is 1. The highest BCUT2D eigenvalue weighted by Crippen LogP contribution is 2.31. The molecule has 0 saturated carbocycles. The number of rotatable bonds is 8. The summed E-state index contributed by atoms with van der Waals surface area (Å²) in [5.74, 6) is 1.65. The summed E-state index contributed by atoms with van der Waals surface area (Å²) in [6.45, 7) is 6.51. The van der Waals surface area contributed by atoms with E-state index in [1.807, 2.05) is 0 Å². The van der Waals surface area contributed by atoms with E-state index in [9.17, 15) is 5.26 Å². The van der Waals surface area contributed by atoms with Crippen LogP contribution in [0.1, 0.15) is 55.7 Å². The molecular weight excluding hydrogens is 326 g/mol. The molecule has 6 heteroatoms. The lowest BCUT2D eigenvalue weighted by Crippen LogP contribution is -2.30. The fourth-order valence-electron chi connectivity index (χ4n) is 3.76. The largest absolute Gasteiger partial charge is 0.376 e. The molecule has 2 N–H and O–H groups in total. The van der Waals surface area contributed by atoms with Crippen LogP contribution in [-0.2, 0) is 17.7 Å². The minimum atomic E-state index is 0.269. The van der Waals surface area contributed by atoms with Gasteiger partial charge in [-0.3, -0.25) is 0 Å². The van der Waals surface area contributed by atoms with Crippen molar-refractivity contribution in [3.8, 4) is 6.07 Å². The van der Waals surface area contributed by atoms with E-state index in [0.717, 1.165) is 81.2 Å². The first-order valence-corrected chi connectivity index (χ1v) is 9.96. The van der Waals surface area contributed by atoms with Crippen molar-refractivity contribution in [1.82, 2.24) is 9.88 Å². The van der Waals surface area contributed by atoms with Gasteiger partial charge in [-0.15, -0.1) is 0 Å². The van der Waals surface area contributed by atoms with Gasteiger partial charge in [-0.1, -0.05) is 19.8 Å². The normalized spacial score (nSPS) is 19.8. The summed E-state index contributed by atoms with van der Waals surface area (Å²) in [7, 11) is 2.12. The fourth-order valence-corrected chi connectivity index (χ4v) is 3.76. The zero-order valence-corrected chi connectivity index (χ0v) is 16.1. The summed E-state index contributed by atoms with van der Waals surface area (Å²) >= 11 is 0. The highest BCUT2D eigenvalue weighted by Gasteiger charge is 2.25. The summed E-state index contributed by atoms with van der Waals surface area (Å²) in [6, 6.07) is 2.41. The van der Waals surface area contributed by atoms with Gasteiger partial charge in [0.15, 0.2) is 0 Å². The third-order valence-electron chi connectivity index (χ3n) is 5.29. The molecule has 0 aliphatic carbocycles. The number of unbranched alkanes of at least 4 members (excludes halogenated alkanes) is 2. The summed E-state index contributed by atoms with van der Waals surface area (Å²) in [6.07, 6.45) is 6.88. The molecule has 0 bridgehead atoms. The molecule has 1 saturated heterocycles. The summed E-state index contributed by atoms with van der Waals surface area (Å²) in [5, 5.41) is 16.7. The van der Waals surface area contributed by atoms with Crippen molar-refractivity contribution >= 4 is 11.6 Å². The van der Waals surface area contributed by atoms with Crippen molar-refractivity contribution in [1.29, 1.82) is 5.26 Å². The second-order valence-electron chi connectivity index (χ2n) is 7.39. The van der Waals surface area contributed by atoms with Gasteiger partial charge in [0, 0.05) is 38.3 Å². The van der Waals surface area contributed by atoms with Crippen LogP contribution >= 0.6 is 0 Å². The van der Waals surface area contributed by atoms with Gasteiger partial charge in [-0.05, 0) is 38.3 Å². The molecule has 1 aromatic heterocycles. The Bertz CT molecular complexity index is 649. The number of nitrogens with one attached hydrogen (secondary N) is 2. The highest BCUT2D eigenvalue weighted by atomic mass is 16.5. The van der Waals surface area contributed by atoms with Gasteiger partial charge in [0.2, 0.25) is 0 Å². The average molecular weight is 358 g/mol. The molecule has 3 rings (SSSR count). The monoisotopic (exact) mass is 357 g/mol. The van der Waals surface area contributed by atoms with Crippen LogP contribution < -0.4 is 10.6 Å². The number of likely N-dealkylation sites (N-methyl/N-ethyl adjacent to an activating group) is 1. The lowest BCUT2D eigenvalue weighted by atomic mass is 9.96. The maximum Gasteiger partial charge on any atom is 0.146 e. The van der Waals surface area contributed by atoms with Gasteiger partial charge in [-0.25, -0.2) is 4.98 Å². The molecule has 0 aromatic carbocycles. The molecule has 0 unspecified atom stereocenters. The van der Waals surface area contributed by atoms with Crippen LogP contribution in [0.2, 0.25) is 0 Å². The predicted molar refractivity (Wildman–Crippen MR) is 104 cm³/mol. The molecule has 2 aliphatic rings. The molecule has 26 heavy (non-hydrogen) atoms. The van der Waals surface area contributed by atoms with Gasteiger partial charge in [-0.2, -0.15) is 5.26 Å². The van der Waals surface area contributed by atoms with Crippen LogP contribution in [0.3, 0.4) is 0 Å². The molecule has 2 aliphatic heterocycles. The van der Waals surface area contributed by atoms with Gasteiger partial charge in [0.25, 0.3) is 0 Å². The van der Waals surface area contributed by atoms with Crippen LogP contribution in [0.5, 0.6) is 0 Å². The molecule has 6 nitrogen and oxygen atoms in total. The molecule has 0 radical (unpaired) electrons. The van der Waals surface area contributed by atoms with Gasteiger partial charge in [0.1, 0.15) is 17.7 Å². The third kappa shape index (κ3) is 4.46. The molecule has 1 aromatic rings. The lowest BCUT2D eigenvalue weighted by molar-refractivity contribution is 0.120. The van der Waals surface area contributed by atoms with Gasteiger partial charge >= 0.3 is 0 Å². The minimum absolute atomic E-state index is 0.269. The standard InChI is InChI=1S/C20H31N5O/c1-3-4-5-9-22-19-17(12-21)16-8-10-25(2)14-18(16)20(24-19)23-13-15-7-6-11-26-15/h15H,3-11,13-14H2,1-2H3,(H2,22,23,24)/t15-/m0/s1. The highest BCUT2D eigenvalue weighted by molar-refractivity contribution is 5.66. The van der Waals surface area contributed by atoms with Crippen molar-refractivity contribution in [2.75, 3.05) is 43.9 Å². The summed E-state index contributed by atoms with van der Waals surface area (Å²) < 4.78 is 5.74. The van der Waals surface area contributed by atoms with E-state index < -0.39 is 0 Å². The Kier molecular flexibility index (Phi) is 6.70. The summed E-state index contributed by atoms with van der Waals surface area (Å²) in [5.41, 5.74) is 3.06. The Morgan fingerprint density at radius 3 is 2.88 bits per heavy atom. The van der Waals surface area contributed by atoms with Crippen LogP contribution in [0.4, 0.5) is 11.6 Å². The molecule has 3 heterocycles. The average Bonchev–Trinajstić information content (AvgIpc) is 3.17. The van der Waals surface area contributed by atoms with E-state index in [4.69, 9.17) is 9.72 Å². The van der Waals surface area contributed by atoms with Crippen LogP contribution in [-0.4, -0.2) is 49.3 Å². The van der Waals surface area contributed by atoms with Crippen molar-refractivity contribution in [3.63, 3.8) is 0 Å². The number of ether oxygens (including phenoxy) is 1. The number of aromatic nitrogens is 1. The Hall–Kier alpha value is -1.84. The Morgan fingerprint density at radius 1 is 1.27 bits per heavy atom. The van der Waals surface area contributed by atoms with E-state index >= 15 is 0 Å². The quantitative estimate of drug-likeness (QED) is 0.697. The predicted octanol–water partition coefficient (Wildman–Crippen LogP) is 3.13. The molecule has 1 fully saturated rings. The molecule has 0 spiro atoms. The minimum Gasteiger partial charge on any atom is -0.376 e. The van der Waals surface area contributed by atoms with Crippen molar-refractivity contribution < 1.29 is 4.74 Å². The Morgan fingerprint density at radius 2 is 2.15 bits per heavy atom. The molecular formula is C20H31N5O. The number of hydrogen-bond donors (Lipinski definition) is 2. The fraction of sp³-hybridized carbons (Fsp3) is 0.700. The number of anilines is 2. The Labute approximate surface area is 156 Å². The van der Waals surface area contributed by atoms with Crippen LogP contribution in [0.25, 0.3) is 0 Å². The first-order chi connectivity index (χ1) is 12.7. The van der Waals surface area contributed by atoms with Gasteiger partial charge in [0.05, 0.1) is 11.7 Å². The zero-order valence-electron chi connectivity index (χ0n) is 16.1. The smallest absolute Gasteiger partial charge is 0.146 e. The molecule has 1 atom stereocenters. The second kappa shape index (κ2) is 9.20. The second-order valence-corrected chi connectivity index (χ2v) is 7.39. The van der Waals surface area contributed by atoms with Crippen LogP contribution in [0, 0.1) is 11.3 Å². The van der Waals surface area contributed by atoms with Crippen LogP contribution in [0.15, 0.2) is 0 Å². The van der Waals surface area contributed by atoms with E-state index in [1.165, 1.54) is 18.4 Å². The van der Waals surface area contributed by atoms with Crippen molar-refractivity contribution in [2.24, 2.45) is 0 Å². The van der Waals surface area contributed by atoms with E-state index in [-0.39, 0.29) is 6.10 Å². The summed E-state index contributed by atoms with van der Waals surface area (Å²) in [4.78, 5) is 7.11. The maximum atomic E-state index is 9.75. The zero-order chi connectivity index (χ0) is 18.4. The molecule has 0 amide bonds. The lowest BCUT2D eigenvalue weighted by Gasteiger charge is -2.29. The van der Waals surface area contributed by atoms with Gasteiger partial charge < -0.3 is 20.3 Å². The number of hydrogen-bond acceptors (Lipinski definition) is 6. The maximum absolute atomic E-state index is 9.75. The number of pyridine rings is 1. The van der Waals surface area contributed by atoms with E-state index in [1.54, 1.807) is 0 Å². The first-order valence-electron chi connectivity index (χ1n) is 9.96. The molecule has 142 valence electrons. The van der Waals surface area contributed by atoms with Crippen molar-refractivity contribution in [3.05, 3.63) is 16.7 Å². The number of nitrogens with zero attached hydrogens (tertiary/aromatic N) is 3.